The van der Waals surface area contributed by atoms with Gasteiger partial charge in [-0.15, -0.1) is 0 Å². The van der Waals surface area contributed by atoms with Gasteiger partial charge in [-0.2, -0.15) is 0 Å². The van der Waals surface area contributed by atoms with Crippen LogP contribution in [-0.4, -0.2) is 30.1 Å². The molecule has 1 atom stereocenters. The number of aliphatic carboxylic acids is 1. The summed E-state index contributed by atoms with van der Waals surface area (Å²) in [5.41, 5.74) is 0.809. The van der Waals surface area contributed by atoms with Crippen molar-refractivity contribution in [2.75, 3.05) is 14.1 Å². The molecule has 0 aliphatic rings. The zero-order chi connectivity index (χ0) is 11.4. The van der Waals surface area contributed by atoms with Crippen LogP contribution in [0.15, 0.2) is 24.3 Å². The lowest BCUT2D eigenvalue weighted by Crippen LogP contribution is -2.22. The standard InChI is InChI=1S/C11H14FNO2/c1-13(2)10(7-11(14)15)8-3-5-9(12)6-4-8/h3-6,10H,7H2,1-2H3,(H,14,15)/t10-/m1/s1. The van der Waals surface area contributed by atoms with Crippen molar-refractivity contribution in [3.63, 3.8) is 0 Å². The molecule has 82 valence electrons. The van der Waals surface area contributed by atoms with Gasteiger partial charge in [-0.1, -0.05) is 12.1 Å². The molecule has 3 nitrogen and oxygen atoms in total. The Morgan fingerprint density at radius 2 is 1.93 bits per heavy atom. The Hall–Kier alpha value is -1.42. The predicted molar refractivity (Wildman–Crippen MR) is 55.1 cm³/mol. The highest BCUT2D eigenvalue weighted by Crippen LogP contribution is 2.21. The molecule has 0 unspecified atom stereocenters. The first-order valence-electron chi connectivity index (χ1n) is 4.64. The van der Waals surface area contributed by atoms with Gasteiger partial charge in [-0.05, 0) is 31.8 Å². The van der Waals surface area contributed by atoms with E-state index in [9.17, 15) is 9.18 Å². The van der Waals surface area contributed by atoms with E-state index in [-0.39, 0.29) is 18.3 Å². The SMILES string of the molecule is CN(C)[C@H](CC(=O)O)c1ccc(F)cc1. The number of carboxylic acid groups (broad SMARTS) is 1. The molecule has 0 aromatic heterocycles. The molecule has 0 amide bonds. The quantitative estimate of drug-likeness (QED) is 0.827. The van der Waals surface area contributed by atoms with Gasteiger partial charge < -0.3 is 10.0 Å². The van der Waals surface area contributed by atoms with Gasteiger partial charge in [0.1, 0.15) is 5.82 Å². The fourth-order valence-electron chi connectivity index (χ4n) is 1.45. The van der Waals surface area contributed by atoms with Crippen LogP contribution in [0.3, 0.4) is 0 Å². The minimum Gasteiger partial charge on any atom is -0.481 e. The normalized spacial score (nSPS) is 12.8. The Balaban J connectivity index is 2.88. The monoisotopic (exact) mass is 211 g/mol. The molecule has 1 aromatic rings. The molecule has 0 aliphatic carbocycles. The molecule has 0 bridgehead atoms. The topological polar surface area (TPSA) is 40.5 Å². The molecule has 0 fully saturated rings. The number of carbonyl (C=O) groups is 1. The minimum atomic E-state index is -0.863. The molecule has 4 heteroatoms. The number of nitrogens with zero attached hydrogens (tertiary/aromatic N) is 1. The van der Waals surface area contributed by atoms with E-state index in [0.29, 0.717) is 0 Å². The number of halogens is 1. The van der Waals surface area contributed by atoms with Gasteiger partial charge in [0.05, 0.1) is 6.42 Å². The number of hydrogen-bond acceptors (Lipinski definition) is 2. The maximum absolute atomic E-state index is 12.7. The van der Waals surface area contributed by atoms with E-state index < -0.39 is 5.97 Å². The number of hydrogen-bond donors (Lipinski definition) is 1. The Morgan fingerprint density at radius 3 is 2.33 bits per heavy atom. The molecule has 0 saturated heterocycles. The fraction of sp³-hybridized carbons (Fsp3) is 0.364. The Labute approximate surface area is 88.1 Å². The lowest BCUT2D eigenvalue weighted by molar-refractivity contribution is -0.138. The van der Waals surface area contributed by atoms with Crippen molar-refractivity contribution in [1.82, 2.24) is 4.90 Å². The van der Waals surface area contributed by atoms with Crippen LogP contribution >= 0.6 is 0 Å². The maximum atomic E-state index is 12.7. The van der Waals surface area contributed by atoms with Crippen LogP contribution in [0.5, 0.6) is 0 Å². The Kier molecular flexibility index (Phi) is 3.80. The molecular weight excluding hydrogens is 197 g/mol. The van der Waals surface area contributed by atoms with E-state index in [4.69, 9.17) is 5.11 Å². The van der Waals surface area contributed by atoms with Crippen LogP contribution in [0.2, 0.25) is 0 Å². The third kappa shape index (κ3) is 3.32. The highest BCUT2D eigenvalue weighted by molar-refractivity contribution is 5.67. The third-order valence-electron chi connectivity index (χ3n) is 2.25. The summed E-state index contributed by atoms with van der Waals surface area (Å²) in [5.74, 6) is -1.18. The van der Waals surface area contributed by atoms with Gasteiger partial charge in [-0.3, -0.25) is 4.79 Å². The van der Waals surface area contributed by atoms with Crippen LogP contribution in [0.4, 0.5) is 4.39 Å². The molecule has 0 radical (unpaired) electrons. The lowest BCUT2D eigenvalue weighted by atomic mass is 10.0. The maximum Gasteiger partial charge on any atom is 0.305 e. The van der Waals surface area contributed by atoms with Gasteiger partial charge in [0.25, 0.3) is 0 Å². The van der Waals surface area contributed by atoms with Crippen molar-refractivity contribution in [2.45, 2.75) is 12.5 Å². The number of benzene rings is 1. The summed E-state index contributed by atoms with van der Waals surface area (Å²) in [7, 11) is 3.61. The Morgan fingerprint density at radius 1 is 1.40 bits per heavy atom. The molecule has 0 heterocycles. The first-order valence-corrected chi connectivity index (χ1v) is 4.64. The fourth-order valence-corrected chi connectivity index (χ4v) is 1.45. The highest BCUT2D eigenvalue weighted by Gasteiger charge is 2.17. The van der Waals surface area contributed by atoms with Crippen LogP contribution in [0.1, 0.15) is 18.0 Å². The van der Waals surface area contributed by atoms with E-state index in [1.54, 1.807) is 31.1 Å². The van der Waals surface area contributed by atoms with Crippen LogP contribution < -0.4 is 0 Å². The van der Waals surface area contributed by atoms with Gasteiger partial charge in [0, 0.05) is 6.04 Å². The molecule has 1 rings (SSSR count). The highest BCUT2D eigenvalue weighted by atomic mass is 19.1. The van der Waals surface area contributed by atoms with Crippen molar-refractivity contribution in [1.29, 1.82) is 0 Å². The summed E-state index contributed by atoms with van der Waals surface area (Å²) in [4.78, 5) is 12.5. The van der Waals surface area contributed by atoms with Crippen molar-refractivity contribution < 1.29 is 14.3 Å². The van der Waals surface area contributed by atoms with Gasteiger partial charge >= 0.3 is 5.97 Å². The molecule has 0 saturated carbocycles. The summed E-state index contributed by atoms with van der Waals surface area (Å²) in [5, 5.41) is 8.75. The van der Waals surface area contributed by atoms with Crippen molar-refractivity contribution in [3.8, 4) is 0 Å². The molecule has 15 heavy (non-hydrogen) atoms. The first-order chi connectivity index (χ1) is 7.00. The van der Waals surface area contributed by atoms with Gasteiger partial charge in [-0.25, -0.2) is 4.39 Å². The average molecular weight is 211 g/mol. The second-order valence-electron chi connectivity index (χ2n) is 3.63. The third-order valence-corrected chi connectivity index (χ3v) is 2.25. The van der Waals surface area contributed by atoms with E-state index in [2.05, 4.69) is 0 Å². The van der Waals surface area contributed by atoms with Crippen molar-refractivity contribution >= 4 is 5.97 Å². The summed E-state index contributed by atoms with van der Waals surface area (Å²) < 4.78 is 12.7. The van der Waals surface area contributed by atoms with Crippen molar-refractivity contribution in [2.24, 2.45) is 0 Å². The molecular formula is C11H14FNO2. The van der Waals surface area contributed by atoms with Gasteiger partial charge in [0.15, 0.2) is 0 Å². The Bertz CT molecular complexity index is 335. The summed E-state index contributed by atoms with van der Waals surface area (Å²) in [6.45, 7) is 0. The minimum absolute atomic E-state index is 0.0125. The number of carboxylic acids is 1. The average Bonchev–Trinajstić information content (AvgIpc) is 2.15. The second-order valence-corrected chi connectivity index (χ2v) is 3.63. The summed E-state index contributed by atoms with van der Waals surface area (Å²) in [6, 6.07) is 5.69. The smallest absolute Gasteiger partial charge is 0.305 e. The van der Waals surface area contributed by atoms with E-state index in [0.717, 1.165) is 5.56 Å². The molecule has 0 spiro atoms. The first kappa shape index (κ1) is 11.7. The van der Waals surface area contributed by atoms with Crippen molar-refractivity contribution in [3.05, 3.63) is 35.6 Å². The van der Waals surface area contributed by atoms with Crippen LogP contribution in [0.25, 0.3) is 0 Å². The summed E-state index contributed by atoms with van der Waals surface area (Å²) in [6.07, 6.45) is 0.0125. The zero-order valence-corrected chi connectivity index (χ0v) is 8.77. The number of rotatable bonds is 4. The second kappa shape index (κ2) is 4.89. The summed E-state index contributed by atoms with van der Waals surface area (Å²) >= 11 is 0. The predicted octanol–water partition coefficient (Wildman–Crippen LogP) is 1.90. The molecule has 1 N–H and O–H groups in total. The molecule has 0 aliphatic heterocycles. The zero-order valence-electron chi connectivity index (χ0n) is 8.77. The lowest BCUT2D eigenvalue weighted by Gasteiger charge is -2.22. The van der Waals surface area contributed by atoms with E-state index in [1.165, 1.54) is 12.1 Å². The van der Waals surface area contributed by atoms with E-state index >= 15 is 0 Å². The van der Waals surface area contributed by atoms with Crippen LogP contribution in [-0.2, 0) is 4.79 Å². The van der Waals surface area contributed by atoms with E-state index in [1.807, 2.05) is 0 Å². The largest absolute Gasteiger partial charge is 0.481 e. The van der Waals surface area contributed by atoms with Gasteiger partial charge in [0.2, 0.25) is 0 Å². The molecule has 1 aromatic carbocycles. The van der Waals surface area contributed by atoms with Crippen LogP contribution in [0, 0.1) is 5.82 Å².